The lowest BCUT2D eigenvalue weighted by Crippen LogP contribution is -2.76. The van der Waals surface area contributed by atoms with Crippen LogP contribution in [0.25, 0.3) is 0 Å². The quantitative estimate of drug-likeness (QED) is 0.148. The van der Waals surface area contributed by atoms with Crippen LogP contribution in [0.4, 0.5) is 87.8 Å². The first-order valence-electron chi connectivity index (χ1n) is 9.24. The normalized spacial score (nSPS) is 15.7. The second-order valence-corrected chi connectivity index (χ2v) is 7.41. The molecule has 38 heavy (non-hydrogen) atoms. The zero-order valence-corrected chi connectivity index (χ0v) is 17.8. The number of rotatable bonds is 14. The van der Waals surface area contributed by atoms with Gasteiger partial charge in [-0.1, -0.05) is 13.3 Å². The monoisotopic (exact) mass is 616 g/mol. The number of ether oxygens (including phenoxy) is 1. The Kier molecular flexibility index (Phi) is 9.71. The van der Waals surface area contributed by atoms with Gasteiger partial charge in [0.1, 0.15) is 0 Å². The molecule has 0 radical (unpaired) electrons. The maximum Gasteiger partial charge on any atom is 0.385 e. The van der Waals surface area contributed by atoms with Crippen LogP contribution in [0.5, 0.6) is 0 Å². The summed E-state index contributed by atoms with van der Waals surface area (Å²) in [5, 5.41) is 0. The highest BCUT2D eigenvalue weighted by atomic mass is 19.4. The summed E-state index contributed by atoms with van der Waals surface area (Å²) < 4.78 is 268. The van der Waals surface area contributed by atoms with Crippen LogP contribution in [0.2, 0.25) is 0 Å². The number of carbonyl (C=O) groups is 1. The van der Waals surface area contributed by atoms with E-state index in [0.717, 1.165) is 0 Å². The lowest BCUT2D eigenvalue weighted by molar-refractivity contribution is -0.465. The van der Waals surface area contributed by atoms with Crippen molar-refractivity contribution in [3.05, 3.63) is 0 Å². The van der Waals surface area contributed by atoms with Gasteiger partial charge >= 0.3 is 65.7 Å². The number of hydrogen-bond acceptors (Lipinski definition) is 2. The summed E-state index contributed by atoms with van der Waals surface area (Å²) in [6, 6.07) is 0. The van der Waals surface area contributed by atoms with E-state index in [1.165, 1.54) is 6.92 Å². The Balaban J connectivity index is 6.68. The maximum atomic E-state index is 13.6. The number of halogens is 20. The molecule has 22 heteroatoms. The van der Waals surface area contributed by atoms with Gasteiger partial charge in [-0.2, -0.15) is 79.0 Å². The highest BCUT2D eigenvalue weighted by molar-refractivity contribution is 5.69. The number of unbranched alkanes of at least 4 members (excludes halogenated alkanes) is 1. The van der Waals surface area contributed by atoms with Crippen molar-refractivity contribution in [3.8, 4) is 0 Å². The molecule has 0 aliphatic rings. The number of esters is 1. The lowest BCUT2D eigenvalue weighted by Gasteiger charge is -2.44. The van der Waals surface area contributed by atoms with Crippen molar-refractivity contribution in [1.82, 2.24) is 0 Å². The second-order valence-electron chi connectivity index (χ2n) is 7.41. The van der Waals surface area contributed by atoms with Crippen LogP contribution in [0.1, 0.15) is 26.2 Å². The Morgan fingerprint density at radius 2 is 0.895 bits per heavy atom. The molecule has 0 spiro atoms. The van der Waals surface area contributed by atoms with Crippen LogP contribution < -0.4 is 0 Å². The third-order valence-electron chi connectivity index (χ3n) is 4.67. The van der Waals surface area contributed by atoms with Crippen LogP contribution in [0.15, 0.2) is 0 Å². The molecular weight excluding hydrogens is 604 g/mol. The zero-order chi connectivity index (χ0) is 31.2. The Morgan fingerprint density at radius 1 is 0.579 bits per heavy atom. The third-order valence-corrected chi connectivity index (χ3v) is 4.67. The van der Waals surface area contributed by atoms with Gasteiger partial charge in [0, 0.05) is 6.42 Å². The molecule has 0 amide bonds. The first kappa shape index (κ1) is 36.1. The van der Waals surface area contributed by atoms with Crippen LogP contribution in [-0.4, -0.2) is 72.3 Å². The van der Waals surface area contributed by atoms with E-state index >= 15 is 0 Å². The van der Waals surface area contributed by atoms with E-state index in [2.05, 4.69) is 4.74 Å². The standard InChI is InChI=1S/C16H12F20O2/c1-2-3-4-6(37)38-5-8(19,20)10(23,24)12(27,28)14(31,32)16(35,36)15(33,34)13(29,30)11(25,26)9(21,22)7(17)18/h7H,2-5H2,1H3. The summed E-state index contributed by atoms with van der Waals surface area (Å²) in [5.41, 5.74) is 0. The summed E-state index contributed by atoms with van der Waals surface area (Å²) in [5.74, 6) is -77.6. The summed E-state index contributed by atoms with van der Waals surface area (Å²) >= 11 is 0. The highest BCUT2D eigenvalue weighted by Gasteiger charge is 2.96. The molecule has 0 fully saturated rings. The van der Waals surface area contributed by atoms with Crippen molar-refractivity contribution >= 4 is 5.97 Å². The van der Waals surface area contributed by atoms with Gasteiger partial charge in [-0.25, -0.2) is 8.78 Å². The van der Waals surface area contributed by atoms with Crippen molar-refractivity contribution in [2.24, 2.45) is 0 Å². The fraction of sp³-hybridized carbons (Fsp3) is 0.938. The van der Waals surface area contributed by atoms with E-state index in [0.29, 0.717) is 0 Å². The van der Waals surface area contributed by atoms with Gasteiger partial charge in [-0.15, -0.1) is 0 Å². The van der Waals surface area contributed by atoms with Gasteiger partial charge in [-0.3, -0.25) is 4.79 Å². The summed E-state index contributed by atoms with van der Waals surface area (Å²) in [6.45, 7) is -1.98. The van der Waals surface area contributed by atoms with E-state index in [-0.39, 0.29) is 12.8 Å². The number of hydrogen-bond donors (Lipinski definition) is 0. The summed E-state index contributed by atoms with van der Waals surface area (Å²) in [6.07, 6.45) is -7.12. The number of carbonyl (C=O) groups excluding carboxylic acids is 1. The van der Waals surface area contributed by atoms with Gasteiger partial charge in [0.2, 0.25) is 0 Å². The Hall–Kier alpha value is -1.93. The molecule has 0 heterocycles. The molecule has 0 saturated carbocycles. The molecule has 0 aromatic rings. The van der Waals surface area contributed by atoms with Gasteiger partial charge in [-0.05, 0) is 6.42 Å². The molecule has 2 nitrogen and oxygen atoms in total. The minimum Gasteiger partial charge on any atom is -0.459 e. The predicted octanol–water partition coefficient (Wildman–Crippen LogP) is 7.70. The van der Waals surface area contributed by atoms with Crippen molar-refractivity contribution < 1.29 is 97.3 Å². The van der Waals surface area contributed by atoms with E-state index in [9.17, 15) is 92.6 Å². The predicted molar refractivity (Wildman–Crippen MR) is 81.0 cm³/mol. The summed E-state index contributed by atoms with van der Waals surface area (Å²) in [4.78, 5) is 11.0. The van der Waals surface area contributed by atoms with Gasteiger partial charge in [0.15, 0.2) is 6.61 Å². The zero-order valence-electron chi connectivity index (χ0n) is 17.8. The molecule has 228 valence electrons. The number of alkyl halides is 20. The molecule has 0 rings (SSSR count). The second kappa shape index (κ2) is 10.2. The molecule has 0 saturated heterocycles. The fourth-order valence-corrected chi connectivity index (χ4v) is 2.22. The molecule has 0 aromatic carbocycles. The van der Waals surface area contributed by atoms with E-state index < -0.39 is 78.7 Å². The van der Waals surface area contributed by atoms with Crippen molar-refractivity contribution in [1.29, 1.82) is 0 Å². The molecule has 0 atom stereocenters. The Labute approximate surface area is 197 Å². The topological polar surface area (TPSA) is 26.3 Å². The van der Waals surface area contributed by atoms with E-state index in [1.807, 2.05) is 0 Å². The Morgan fingerprint density at radius 3 is 1.21 bits per heavy atom. The van der Waals surface area contributed by atoms with Gasteiger partial charge < -0.3 is 4.74 Å². The van der Waals surface area contributed by atoms with Gasteiger partial charge in [0.05, 0.1) is 0 Å². The van der Waals surface area contributed by atoms with Crippen molar-refractivity contribution in [3.63, 3.8) is 0 Å². The average Bonchev–Trinajstić information content (AvgIpc) is 2.74. The fourth-order valence-electron chi connectivity index (χ4n) is 2.22. The maximum absolute atomic E-state index is 13.6. The molecule has 0 aromatic heterocycles. The SMILES string of the molecule is CCCCC(=O)OCC(F)(F)C(F)(F)C(F)(F)C(F)(F)C(F)(F)C(F)(F)C(F)(F)C(F)(F)C(F)(F)C(F)F. The van der Waals surface area contributed by atoms with Gasteiger partial charge in [0.25, 0.3) is 0 Å². The smallest absolute Gasteiger partial charge is 0.385 e. The van der Waals surface area contributed by atoms with Crippen molar-refractivity contribution in [2.75, 3.05) is 6.61 Å². The first-order chi connectivity index (χ1) is 16.4. The molecule has 0 aliphatic heterocycles. The molecule has 0 N–H and O–H groups in total. The minimum absolute atomic E-state index is 0.0994. The largest absolute Gasteiger partial charge is 0.459 e. The highest BCUT2D eigenvalue weighted by Crippen LogP contribution is 2.65. The van der Waals surface area contributed by atoms with E-state index in [4.69, 9.17) is 0 Å². The molecule has 0 unspecified atom stereocenters. The third kappa shape index (κ3) is 5.03. The van der Waals surface area contributed by atoms with Crippen molar-refractivity contribution in [2.45, 2.75) is 85.9 Å². The summed E-state index contributed by atoms with van der Waals surface area (Å²) in [7, 11) is 0. The van der Waals surface area contributed by atoms with Crippen LogP contribution >= 0.6 is 0 Å². The Bertz CT molecular complexity index is 833. The minimum atomic E-state index is -9.06. The lowest BCUT2D eigenvalue weighted by atomic mass is 9.86. The van der Waals surface area contributed by atoms with Crippen LogP contribution in [-0.2, 0) is 9.53 Å². The molecular formula is C16H12F20O2. The molecule has 0 bridgehead atoms. The first-order valence-corrected chi connectivity index (χ1v) is 9.24. The molecule has 0 aliphatic carbocycles. The van der Waals surface area contributed by atoms with Crippen LogP contribution in [0.3, 0.4) is 0 Å². The average molecular weight is 616 g/mol. The van der Waals surface area contributed by atoms with E-state index in [1.54, 1.807) is 0 Å². The van der Waals surface area contributed by atoms with Crippen LogP contribution in [0, 0.1) is 0 Å².